The van der Waals surface area contributed by atoms with Crippen LogP contribution in [0, 0.1) is 5.82 Å². The summed E-state index contributed by atoms with van der Waals surface area (Å²) in [5, 5.41) is 0.453. The van der Waals surface area contributed by atoms with Crippen molar-refractivity contribution in [3.63, 3.8) is 0 Å². The first kappa shape index (κ1) is 13.8. The summed E-state index contributed by atoms with van der Waals surface area (Å²) in [6, 6.07) is 4.14. The molecule has 0 spiro atoms. The molecule has 0 bridgehead atoms. The number of hydrogen-bond donors (Lipinski definition) is 0. The lowest BCUT2D eigenvalue weighted by molar-refractivity contribution is 0.0521. The first-order valence-electron chi connectivity index (χ1n) is 5.16. The topological polar surface area (TPSA) is 43.4 Å². The molecule has 5 heteroatoms. The first-order valence-corrected chi connectivity index (χ1v) is 6.28. The van der Waals surface area contributed by atoms with E-state index in [-0.39, 0.29) is 29.9 Å². The van der Waals surface area contributed by atoms with Crippen molar-refractivity contribution in [3.8, 4) is 0 Å². The highest BCUT2D eigenvalue weighted by atomic mass is 79.9. The van der Waals surface area contributed by atoms with Crippen molar-refractivity contribution < 1.29 is 18.7 Å². The molecule has 3 nitrogen and oxygen atoms in total. The highest BCUT2D eigenvalue weighted by molar-refractivity contribution is 9.09. The van der Waals surface area contributed by atoms with Gasteiger partial charge in [0.1, 0.15) is 5.82 Å². The van der Waals surface area contributed by atoms with E-state index in [9.17, 15) is 14.0 Å². The van der Waals surface area contributed by atoms with Gasteiger partial charge in [0.15, 0.2) is 5.78 Å². The van der Waals surface area contributed by atoms with Gasteiger partial charge in [-0.05, 0) is 19.1 Å². The Balaban J connectivity index is 3.07. The monoisotopic (exact) mass is 302 g/mol. The van der Waals surface area contributed by atoms with Crippen LogP contribution in [0.2, 0.25) is 0 Å². The molecule has 0 heterocycles. The Labute approximate surface area is 107 Å². The lowest BCUT2D eigenvalue weighted by Crippen LogP contribution is -2.11. The molecule has 0 saturated heterocycles. The lowest BCUT2D eigenvalue weighted by atomic mass is 10.0. The van der Waals surface area contributed by atoms with E-state index in [1.165, 1.54) is 18.2 Å². The summed E-state index contributed by atoms with van der Waals surface area (Å²) in [7, 11) is 0. The highest BCUT2D eigenvalue weighted by Crippen LogP contribution is 2.16. The minimum absolute atomic E-state index is 0.0741. The standard InChI is InChI=1S/C12H12BrFO3/c1-2-17-12(16)9-5-3-4-8(11(9)14)10(15)6-7-13/h3-5H,2,6-7H2,1H3. The molecule has 0 unspecified atom stereocenters. The van der Waals surface area contributed by atoms with E-state index in [0.29, 0.717) is 5.33 Å². The minimum atomic E-state index is -0.808. The van der Waals surface area contributed by atoms with Gasteiger partial charge in [0.25, 0.3) is 0 Å². The second kappa shape index (κ2) is 6.49. The molecule has 0 amide bonds. The Morgan fingerprint density at radius 1 is 1.35 bits per heavy atom. The molecule has 0 aliphatic rings. The van der Waals surface area contributed by atoms with Gasteiger partial charge in [-0.1, -0.05) is 22.0 Å². The fraction of sp³-hybridized carbons (Fsp3) is 0.333. The highest BCUT2D eigenvalue weighted by Gasteiger charge is 2.19. The van der Waals surface area contributed by atoms with Crippen LogP contribution in [0.25, 0.3) is 0 Å². The van der Waals surface area contributed by atoms with Gasteiger partial charge < -0.3 is 4.74 Å². The molecule has 0 fully saturated rings. The Morgan fingerprint density at radius 3 is 2.59 bits per heavy atom. The number of hydrogen-bond acceptors (Lipinski definition) is 3. The molecule has 1 aromatic rings. The van der Waals surface area contributed by atoms with E-state index >= 15 is 0 Å². The zero-order valence-electron chi connectivity index (χ0n) is 9.33. The first-order chi connectivity index (χ1) is 8.11. The zero-order chi connectivity index (χ0) is 12.8. The van der Waals surface area contributed by atoms with Crippen molar-refractivity contribution in [3.05, 3.63) is 35.1 Å². The van der Waals surface area contributed by atoms with Gasteiger partial charge in [0.2, 0.25) is 0 Å². The second-order valence-electron chi connectivity index (χ2n) is 3.25. The normalized spacial score (nSPS) is 10.1. The van der Waals surface area contributed by atoms with Gasteiger partial charge in [-0.2, -0.15) is 0 Å². The molecule has 0 saturated carbocycles. The van der Waals surface area contributed by atoms with Gasteiger partial charge >= 0.3 is 5.97 Å². The third kappa shape index (κ3) is 3.36. The molecule has 1 rings (SSSR count). The maximum Gasteiger partial charge on any atom is 0.341 e. The van der Waals surface area contributed by atoms with Crippen LogP contribution in [0.5, 0.6) is 0 Å². The lowest BCUT2D eigenvalue weighted by Gasteiger charge is -2.06. The van der Waals surface area contributed by atoms with E-state index in [2.05, 4.69) is 15.9 Å². The summed E-state index contributed by atoms with van der Waals surface area (Å²) < 4.78 is 18.6. The van der Waals surface area contributed by atoms with E-state index < -0.39 is 11.8 Å². The average Bonchev–Trinajstić information content (AvgIpc) is 2.29. The molecular formula is C12H12BrFO3. The number of esters is 1. The molecule has 0 aromatic heterocycles. The minimum Gasteiger partial charge on any atom is -0.462 e. The predicted molar refractivity (Wildman–Crippen MR) is 65.1 cm³/mol. The number of alkyl halides is 1. The fourth-order valence-electron chi connectivity index (χ4n) is 1.33. The fourth-order valence-corrected chi connectivity index (χ4v) is 1.69. The third-order valence-electron chi connectivity index (χ3n) is 2.12. The molecular weight excluding hydrogens is 291 g/mol. The van der Waals surface area contributed by atoms with E-state index in [1.54, 1.807) is 6.92 Å². The molecule has 0 radical (unpaired) electrons. The van der Waals surface area contributed by atoms with Crippen LogP contribution in [0.3, 0.4) is 0 Å². The maximum atomic E-state index is 13.9. The number of benzene rings is 1. The number of carbonyl (C=O) groups excluding carboxylic acids is 2. The van der Waals surface area contributed by atoms with Crippen LogP contribution in [-0.4, -0.2) is 23.7 Å². The average molecular weight is 303 g/mol. The predicted octanol–water partition coefficient (Wildman–Crippen LogP) is 2.97. The summed E-state index contributed by atoms with van der Waals surface area (Å²) in [5.41, 5.74) is -0.276. The largest absolute Gasteiger partial charge is 0.462 e. The van der Waals surface area contributed by atoms with E-state index in [0.717, 1.165) is 0 Å². The Kier molecular flexibility index (Phi) is 5.28. The molecule has 0 atom stereocenters. The Bertz CT molecular complexity index is 396. The van der Waals surface area contributed by atoms with Crippen molar-refractivity contribution in [2.24, 2.45) is 0 Å². The van der Waals surface area contributed by atoms with Crippen molar-refractivity contribution >= 4 is 27.7 Å². The number of carbonyl (C=O) groups is 2. The van der Waals surface area contributed by atoms with Crippen LogP contribution in [-0.2, 0) is 4.74 Å². The van der Waals surface area contributed by atoms with Gasteiger partial charge in [0.05, 0.1) is 17.7 Å². The van der Waals surface area contributed by atoms with Crippen molar-refractivity contribution in [2.75, 3.05) is 11.9 Å². The molecule has 0 aliphatic heterocycles. The van der Waals surface area contributed by atoms with E-state index in [4.69, 9.17) is 4.74 Å². The van der Waals surface area contributed by atoms with Gasteiger partial charge in [-0.3, -0.25) is 4.79 Å². The smallest absolute Gasteiger partial charge is 0.341 e. The summed E-state index contributed by atoms with van der Waals surface area (Å²) in [4.78, 5) is 23.0. The summed E-state index contributed by atoms with van der Waals surface area (Å²) in [6.07, 6.45) is 0.184. The molecule has 1 aromatic carbocycles. The second-order valence-corrected chi connectivity index (χ2v) is 4.04. The molecule has 0 N–H and O–H groups in total. The molecule has 0 aliphatic carbocycles. The van der Waals surface area contributed by atoms with Crippen molar-refractivity contribution in [1.29, 1.82) is 0 Å². The van der Waals surface area contributed by atoms with Crippen LogP contribution in [0.15, 0.2) is 18.2 Å². The Morgan fingerprint density at radius 2 is 2.00 bits per heavy atom. The summed E-state index contributed by atoms with van der Waals surface area (Å²) in [6.45, 7) is 1.80. The van der Waals surface area contributed by atoms with Crippen LogP contribution in [0.4, 0.5) is 4.39 Å². The van der Waals surface area contributed by atoms with Gasteiger partial charge in [0, 0.05) is 11.8 Å². The van der Waals surface area contributed by atoms with Gasteiger partial charge in [-0.25, -0.2) is 9.18 Å². The maximum absolute atomic E-state index is 13.9. The SMILES string of the molecule is CCOC(=O)c1cccc(C(=O)CCBr)c1F. The van der Waals surface area contributed by atoms with Crippen LogP contribution in [0.1, 0.15) is 34.1 Å². The van der Waals surface area contributed by atoms with Crippen LogP contribution < -0.4 is 0 Å². The summed E-state index contributed by atoms with van der Waals surface area (Å²) in [5.74, 6) is -1.90. The number of Topliss-reactive ketones (excluding diaryl/α,β-unsaturated/α-hetero) is 1. The quantitative estimate of drug-likeness (QED) is 0.477. The number of halogens is 2. The number of ether oxygens (including phenoxy) is 1. The number of rotatable bonds is 5. The van der Waals surface area contributed by atoms with Crippen LogP contribution >= 0.6 is 15.9 Å². The number of ketones is 1. The zero-order valence-corrected chi connectivity index (χ0v) is 10.9. The third-order valence-corrected chi connectivity index (χ3v) is 2.51. The summed E-state index contributed by atoms with van der Waals surface area (Å²) >= 11 is 3.11. The van der Waals surface area contributed by atoms with Gasteiger partial charge in [-0.15, -0.1) is 0 Å². The van der Waals surface area contributed by atoms with Crippen molar-refractivity contribution in [2.45, 2.75) is 13.3 Å². The van der Waals surface area contributed by atoms with Crippen molar-refractivity contribution in [1.82, 2.24) is 0 Å². The Hall–Kier alpha value is -1.23. The molecule has 17 heavy (non-hydrogen) atoms. The van der Waals surface area contributed by atoms with E-state index in [1.807, 2.05) is 0 Å². The molecule has 92 valence electrons.